The minimum absolute atomic E-state index is 0.0138. The number of anilines is 1. The first kappa shape index (κ1) is 21.2. The number of hydrogen-bond acceptors (Lipinski definition) is 4. The largest absolute Gasteiger partial charge is 0.388 e. The van der Waals surface area contributed by atoms with Crippen molar-refractivity contribution in [2.45, 2.75) is 57.2 Å². The number of rotatable bonds is 2. The van der Waals surface area contributed by atoms with Gasteiger partial charge in [-0.25, -0.2) is 9.18 Å². The van der Waals surface area contributed by atoms with Gasteiger partial charge in [-0.15, -0.1) is 0 Å². The van der Waals surface area contributed by atoms with E-state index in [1.165, 1.54) is 21.7 Å². The number of alkyl halides is 2. The Labute approximate surface area is 177 Å². The van der Waals surface area contributed by atoms with Gasteiger partial charge in [0.25, 0.3) is 5.92 Å². The number of benzene rings is 1. The SMILES string of the molecule is CCC1(O)CCC(F)(F)c2c3c(nn2C1)CCN(C(=O)Nc1ccc(F)c(C#N)c1)C3. The first-order valence-electron chi connectivity index (χ1n) is 10.1. The molecule has 2 aromatic rings. The summed E-state index contributed by atoms with van der Waals surface area (Å²) < 4.78 is 44.7. The van der Waals surface area contributed by atoms with Crippen LogP contribution in [0.25, 0.3) is 0 Å². The molecule has 0 spiro atoms. The second kappa shape index (κ2) is 7.57. The molecule has 164 valence electrons. The van der Waals surface area contributed by atoms with Gasteiger partial charge in [-0.1, -0.05) is 6.92 Å². The number of aliphatic hydroxyl groups is 1. The molecule has 0 radical (unpaired) electrons. The van der Waals surface area contributed by atoms with E-state index in [0.717, 1.165) is 6.07 Å². The van der Waals surface area contributed by atoms with E-state index < -0.39 is 29.8 Å². The molecule has 3 heterocycles. The van der Waals surface area contributed by atoms with Crippen LogP contribution in [0.15, 0.2) is 18.2 Å². The normalized spacial score (nSPS) is 22.1. The Hall–Kier alpha value is -3.06. The van der Waals surface area contributed by atoms with E-state index in [9.17, 15) is 23.1 Å². The van der Waals surface area contributed by atoms with Gasteiger partial charge in [0.05, 0.1) is 29.9 Å². The van der Waals surface area contributed by atoms with Crippen LogP contribution in [0, 0.1) is 17.1 Å². The van der Waals surface area contributed by atoms with E-state index in [1.807, 2.05) is 0 Å². The fraction of sp³-hybridized carbons (Fsp3) is 0.476. The Kier molecular flexibility index (Phi) is 5.17. The lowest BCUT2D eigenvalue weighted by atomic mass is 9.93. The molecular weight excluding hydrogens is 411 g/mol. The van der Waals surface area contributed by atoms with Crippen molar-refractivity contribution < 1.29 is 23.1 Å². The topological polar surface area (TPSA) is 94.2 Å². The van der Waals surface area contributed by atoms with E-state index in [4.69, 9.17) is 5.26 Å². The third-order valence-electron chi connectivity index (χ3n) is 6.08. The number of nitriles is 1. The van der Waals surface area contributed by atoms with Crippen molar-refractivity contribution in [1.82, 2.24) is 14.7 Å². The number of hydrogen-bond donors (Lipinski definition) is 2. The summed E-state index contributed by atoms with van der Waals surface area (Å²) in [5.74, 6) is -3.86. The maximum absolute atomic E-state index is 15.0. The first-order chi connectivity index (χ1) is 14.7. The number of aromatic nitrogens is 2. The van der Waals surface area contributed by atoms with Crippen LogP contribution in [0.1, 0.15) is 48.7 Å². The van der Waals surface area contributed by atoms with E-state index in [1.54, 1.807) is 13.0 Å². The average Bonchev–Trinajstić information content (AvgIpc) is 3.06. The maximum Gasteiger partial charge on any atom is 0.322 e. The lowest BCUT2D eigenvalue weighted by Gasteiger charge is -2.28. The van der Waals surface area contributed by atoms with Crippen molar-refractivity contribution in [2.24, 2.45) is 0 Å². The Balaban J connectivity index is 1.59. The first-order valence-corrected chi connectivity index (χ1v) is 10.1. The second-order valence-corrected chi connectivity index (χ2v) is 8.12. The molecular formula is C21H22F3N5O2. The molecule has 0 saturated heterocycles. The molecule has 7 nitrogen and oxygen atoms in total. The zero-order valence-corrected chi connectivity index (χ0v) is 17.0. The summed E-state index contributed by atoms with van der Waals surface area (Å²) in [6, 6.07) is 4.79. The molecule has 1 aromatic heterocycles. The summed E-state index contributed by atoms with van der Waals surface area (Å²) in [7, 11) is 0. The van der Waals surface area contributed by atoms with E-state index in [-0.39, 0.29) is 43.0 Å². The van der Waals surface area contributed by atoms with Crippen molar-refractivity contribution >= 4 is 11.7 Å². The number of nitrogens with one attached hydrogen (secondary N) is 1. The number of nitrogens with zero attached hydrogens (tertiary/aromatic N) is 4. The number of urea groups is 1. The zero-order chi connectivity index (χ0) is 22.4. The van der Waals surface area contributed by atoms with Gasteiger partial charge < -0.3 is 15.3 Å². The standard InChI is InChI=1S/C21H22F3N5O2/c1-2-20(31)6-7-21(23,24)18-15-11-28(8-5-17(15)27-29(18)12-20)19(30)26-14-3-4-16(22)13(9-14)10-25/h3-4,9,31H,2,5-8,11-12H2,1H3,(H,26,30). The highest BCUT2D eigenvalue weighted by atomic mass is 19.3. The monoisotopic (exact) mass is 433 g/mol. The Morgan fingerprint density at radius 2 is 2.16 bits per heavy atom. The van der Waals surface area contributed by atoms with Crippen molar-refractivity contribution in [3.8, 4) is 6.07 Å². The van der Waals surface area contributed by atoms with Crippen LogP contribution in [-0.4, -0.2) is 38.0 Å². The molecule has 31 heavy (non-hydrogen) atoms. The summed E-state index contributed by atoms with van der Waals surface area (Å²) in [5.41, 5.74) is -0.639. The Bertz CT molecular complexity index is 1080. The van der Waals surface area contributed by atoms with Gasteiger partial charge in [0.2, 0.25) is 0 Å². The maximum atomic E-state index is 15.0. The van der Waals surface area contributed by atoms with Crippen LogP contribution in [0.4, 0.5) is 23.7 Å². The van der Waals surface area contributed by atoms with Gasteiger partial charge in [-0.2, -0.15) is 19.1 Å². The molecule has 1 unspecified atom stereocenters. The molecule has 2 amide bonds. The lowest BCUT2D eigenvalue weighted by Crippen LogP contribution is -2.39. The van der Waals surface area contributed by atoms with Crippen molar-refractivity contribution in [2.75, 3.05) is 11.9 Å². The summed E-state index contributed by atoms with van der Waals surface area (Å²) in [5, 5.41) is 26.5. The third-order valence-corrected chi connectivity index (χ3v) is 6.08. The van der Waals surface area contributed by atoms with Crippen molar-refractivity contribution in [1.29, 1.82) is 5.26 Å². The predicted octanol–water partition coefficient (Wildman–Crippen LogP) is 3.51. The molecule has 4 rings (SSSR count). The minimum atomic E-state index is -3.17. The Morgan fingerprint density at radius 1 is 1.39 bits per heavy atom. The van der Waals surface area contributed by atoms with Gasteiger partial charge in [-0.3, -0.25) is 4.68 Å². The zero-order valence-electron chi connectivity index (χ0n) is 17.0. The molecule has 2 aliphatic heterocycles. The van der Waals surface area contributed by atoms with Crippen molar-refractivity contribution in [3.05, 3.63) is 46.5 Å². The molecule has 1 aromatic carbocycles. The molecule has 0 fully saturated rings. The third kappa shape index (κ3) is 3.85. The van der Waals surface area contributed by atoms with Crippen LogP contribution in [0.2, 0.25) is 0 Å². The number of amides is 2. The lowest BCUT2D eigenvalue weighted by molar-refractivity contribution is -0.0416. The van der Waals surface area contributed by atoms with Crippen molar-refractivity contribution in [3.63, 3.8) is 0 Å². The summed E-state index contributed by atoms with van der Waals surface area (Å²) >= 11 is 0. The van der Waals surface area contributed by atoms with Gasteiger partial charge in [0, 0.05) is 30.6 Å². The number of fused-ring (bicyclic) bond motifs is 3. The number of carbonyl (C=O) groups excluding carboxylic acids is 1. The highest BCUT2D eigenvalue weighted by Gasteiger charge is 2.46. The molecule has 0 aliphatic carbocycles. The molecule has 0 bridgehead atoms. The van der Waals surface area contributed by atoms with E-state index in [0.29, 0.717) is 24.1 Å². The smallest absolute Gasteiger partial charge is 0.322 e. The number of halogens is 3. The quantitative estimate of drug-likeness (QED) is 0.758. The van der Waals surface area contributed by atoms with Gasteiger partial charge in [0.1, 0.15) is 17.6 Å². The highest BCUT2D eigenvalue weighted by molar-refractivity contribution is 5.89. The highest BCUT2D eigenvalue weighted by Crippen LogP contribution is 2.43. The molecule has 10 heteroatoms. The molecule has 2 aliphatic rings. The predicted molar refractivity (Wildman–Crippen MR) is 105 cm³/mol. The van der Waals surface area contributed by atoms with E-state index in [2.05, 4.69) is 10.4 Å². The molecule has 2 N–H and O–H groups in total. The van der Waals surface area contributed by atoms with Crippen LogP contribution in [-0.2, 0) is 25.4 Å². The van der Waals surface area contributed by atoms with Gasteiger partial charge in [0.15, 0.2) is 0 Å². The van der Waals surface area contributed by atoms with Crippen LogP contribution in [0.5, 0.6) is 0 Å². The molecule has 1 atom stereocenters. The summed E-state index contributed by atoms with van der Waals surface area (Å²) in [4.78, 5) is 14.1. The van der Waals surface area contributed by atoms with Crippen LogP contribution < -0.4 is 5.32 Å². The summed E-state index contributed by atoms with van der Waals surface area (Å²) in [6.07, 6.45) is 0.110. The molecule has 0 saturated carbocycles. The van der Waals surface area contributed by atoms with Gasteiger partial charge >= 0.3 is 6.03 Å². The van der Waals surface area contributed by atoms with Crippen LogP contribution >= 0.6 is 0 Å². The minimum Gasteiger partial charge on any atom is -0.388 e. The fourth-order valence-corrected chi connectivity index (χ4v) is 4.17. The Morgan fingerprint density at radius 3 is 2.87 bits per heavy atom. The van der Waals surface area contributed by atoms with E-state index >= 15 is 0 Å². The number of carbonyl (C=O) groups is 1. The fourth-order valence-electron chi connectivity index (χ4n) is 4.17. The second-order valence-electron chi connectivity index (χ2n) is 8.12. The van der Waals surface area contributed by atoms with Crippen LogP contribution in [0.3, 0.4) is 0 Å². The van der Waals surface area contributed by atoms with Gasteiger partial charge in [-0.05, 0) is 31.0 Å². The average molecular weight is 433 g/mol. The summed E-state index contributed by atoms with van der Waals surface area (Å²) in [6.45, 7) is 1.96.